The van der Waals surface area contributed by atoms with E-state index in [4.69, 9.17) is 16.6 Å². The Balaban J connectivity index is 2.36. The molecule has 0 spiro atoms. The molecule has 96 valence electrons. The van der Waals surface area contributed by atoms with Crippen molar-refractivity contribution in [1.82, 2.24) is 4.98 Å². The predicted octanol–water partition coefficient (Wildman–Crippen LogP) is 4.74. The lowest BCUT2D eigenvalue weighted by Crippen LogP contribution is -2.23. The number of aromatic nitrogens is 1. The summed E-state index contributed by atoms with van der Waals surface area (Å²) in [5.74, 6) is 0. The van der Waals surface area contributed by atoms with E-state index in [0.29, 0.717) is 0 Å². The number of pyridine rings is 1. The van der Waals surface area contributed by atoms with Crippen LogP contribution in [0.15, 0.2) is 30.3 Å². The Morgan fingerprint density at radius 3 is 2.56 bits per heavy atom. The zero-order chi connectivity index (χ0) is 13.3. The molecule has 0 aliphatic rings. The van der Waals surface area contributed by atoms with Crippen LogP contribution in [-0.2, 0) is 6.42 Å². The second kappa shape index (κ2) is 4.89. The molecule has 0 fully saturated rings. The Kier molecular flexibility index (Phi) is 3.63. The lowest BCUT2D eigenvalue weighted by molar-refractivity contribution is 0.384. The van der Waals surface area contributed by atoms with Crippen LogP contribution in [-0.4, -0.2) is 10.4 Å². The van der Waals surface area contributed by atoms with Crippen LogP contribution in [0, 0.1) is 12.3 Å². The molecule has 0 saturated carbocycles. The lowest BCUT2D eigenvalue weighted by atomic mass is 9.88. The number of alkyl halides is 1. The third-order valence-corrected chi connectivity index (χ3v) is 4.14. The summed E-state index contributed by atoms with van der Waals surface area (Å²) in [6.45, 7) is 8.62. The van der Waals surface area contributed by atoms with Gasteiger partial charge in [0, 0.05) is 22.9 Å². The van der Waals surface area contributed by atoms with Gasteiger partial charge in [0.25, 0.3) is 0 Å². The highest BCUT2D eigenvalue weighted by molar-refractivity contribution is 6.21. The lowest BCUT2D eigenvalue weighted by Gasteiger charge is -2.25. The molecule has 1 atom stereocenters. The number of halogens is 1. The van der Waals surface area contributed by atoms with Crippen molar-refractivity contribution in [3.8, 4) is 0 Å². The highest BCUT2D eigenvalue weighted by Gasteiger charge is 2.23. The Morgan fingerprint density at radius 2 is 1.89 bits per heavy atom. The largest absolute Gasteiger partial charge is 0.253 e. The Hall–Kier alpha value is -1.08. The molecule has 2 heteroatoms. The number of benzene rings is 1. The number of para-hydroxylation sites is 1. The van der Waals surface area contributed by atoms with Gasteiger partial charge in [0.2, 0.25) is 0 Å². The fourth-order valence-electron chi connectivity index (χ4n) is 1.94. The first-order valence-electron chi connectivity index (χ1n) is 6.37. The highest BCUT2D eigenvalue weighted by Crippen LogP contribution is 2.28. The molecule has 18 heavy (non-hydrogen) atoms. The van der Waals surface area contributed by atoms with Crippen molar-refractivity contribution >= 4 is 22.5 Å². The summed E-state index contributed by atoms with van der Waals surface area (Å²) in [6, 6.07) is 10.4. The SMILES string of the molecule is Cc1cc2ccccc2nc1CC(Cl)C(C)(C)C. The molecule has 0 radical (unpaired) electrons. The maximum Gasteiger partial charge on any atom is 0.0705 e. The van der Waals surface area contributed by atoms with E-state index < -0.39 is 0 Å². The van der Waals surface area contributed by atoms with Crippen molar-refractivity contribution in [2.45, 2.75) is 39.5 Å². The second-order valence-electron chi connectivity index (χ2n) is 5.98. The summed E-state index contributed by atoms with van der Waals surface area (Å²) >= 11 is 6.47. The third kappa shape index (κ3) is 2.84. The summed E-state index contributed by atoms with van der Waals surface area (Å²) in [5, 5.41) is 1.30. The van der Waals surface area contributed by atoms with Crippen LogP contribution < -0.4 is 0 Å². The molecule has 0 amide bonds. The van der Waals surface area contributed by atoms with E-state index in [2.05, 4.69) is 45.9 Å². The monoisotopic (exact) mass is 261 g/mol. The average molecular weight is 262 g/mol. The van der Waals surface area contributed by atoms with Crippen LogP contribution in [0.4, 0.5) is 0 Å². The summed E-state index contributed by atoms with van der Waals surface area (Å²) in [7, 11) is 0. The quantitative estimate of drug-likeness (QED) is 0.712. The molecule has 2 rings (SSSR count). The smallest absolute Gasteiger partial charge is 0.0705 e. The number of rotatable bonds is 2. The van der Waals surface area contributed by atoms with Gasteiger partial charge in [0.15, 0.2) is 0 Å². The minimum atomic E-state index is 0.0985. The van der Waals surface area contributed by atoms with E-state index in [1.807, 2.05) is 12.1 Å². The first kappa shape index (κ1) is 13.4. The van der Waals surface area contributed by atoms with E-state index in [1.165, 1.54) is 10.9 Å². The Morgan fingerprint density at radius 1 is 1.22 bits per heavy atom. The summed E-state index contributed by atoms with van der Waals surface area (Å²) < 4.78 is 0. The van der Waals surface area contributed by atoms with Gasteiger partial charge in [-0.05, 0) is 30.0 Å². The van der Waals surface area contributed by atoms with E-state index >= 15 is 0 Å². The number of hydrogen-bond donors (Lipinski definition) is 0. The average Bonchev–Trinajstić information content (AvgIpc) is 2.28. The van der Waals surface area contributed by atoms with Crippen LogP contribution in [0.5, 0.6) is 0 Å². The van der Waals surface area contributed by atoms with Crippen molar-refractivity contribution < 1.29 is 0 Å². The van der Waals surface area contributed by atoms with Gasteiger partial charge in [-0.25, -0.2) is 0 Å². The normalized spacial score (nSPS) is 13.8. The highest BCUT2D eigenvalue weighted by atomic mass is 35.5. The van der Waals surface area contributed by atoms with E-state index in [-0.39, 0.29) is 10.8 Å². The van der Waals surface area contributed by atoms with Crippen molar-refractivity contribution in [2.75, 3.05) is 0 Å². The van der Waals surface area contributed by atoms with Crippen LogP contribution >= 0.6 is 11.6 Å². The van der Waals surface area contributed by atoms with Crippen molar-refractivity contribution in [1.29, 1.82) is 0 Å². The first-order chi connectivity index (χ1) is 8.38. The van der Waals surface area contributed by atoms with Gasteiger partial charge in [0.05, 0.1) is 5.52 Å². The predicted molar refractivity (Wildman–Crippen MR) is 79.3 cm³/mol. The maximum atomic E-state index is 6.47. The molecule has 1 heterocycles. The summed E-state index contributed by atoms with van der Waals surface area (Å²) in [6.07, 6.45) is 0.821. The van der Waals surface area contributed by atoms with Gasteiger partial charge in [0.1, 0.15) is 0 Å². The molecule has 1 aromatic heterocycles. The topological polar surface area (TPSA) is 12.9 Å². The molecule has 1 nitrogen and oxygen atoms in total. The molecule has 1 unspecified atom stereocenters. The number of hydrogen-bond acceptors (Lipinski definition) is 1. The standard InChI is InChI=1S/C16H20ClN/c1-11-9-12-7-5-6-8-13(12)18-14(11)10-15(17)16(2,3)4/h5-9,15H,10H2,1-4H3. The van der Waals surface area contributed by atoms with Crippen molar-refractivity contribution in [3.63, 3.8) is 0 Å². The van der Waals surface area contributed by atoms with Crippen molar-refractivity contribution in [3.05, 3.63) is 41.6 Å². The second-order valence-corrected chi connectivity index (χ2v) is 6.51. The third-order valence-electron chi connectivity index (χ3n) is 3.33. The Labute approximate surface area is 114 Å². The molecule has 0 N–H and O–H groups in total. The van der Waals surface area contributed by atoms with E-state index in [0.717, 1.165) is 17.6 Å². The summed E-state index contributed by atoms with van der Waals surface area (Å²) in [5.41, 5.74) is 3.49. The molecule has 0 saturated heterocycles. The molecule has 0 aliphatic heterocycles. The minimum absolute atomic E-state index is 0.0985. The van der Waals surface area contributed by atoms with Crippen LogP contribution in [0.25, 0.3) is 10.9 Å². The van der Waals surface area contributed by atoms with Gasteiger partial charge >= 0.3 is 0 Å². The molecule has 0 aliphatic carbocycles. The van der Waals surface area contributed by atoms with Gasteiger partial charge in [-0.2, -0.15) is 0 Å². The number of fused-ring (bicyclic) bond motifs is 1. The molecular weight excluding hydrogens is 242 g/mol. The first-order valence-corrected chi connectivity index (χ1v) is 6.81. The van der Waals surface area contributed by atoms with Crippen LogP contribution in [0.3, 0.4) is 0 Å². The number of nitrogens with zero attached hydrogens (tertiary/aromatic N) is 1. The van der Waals surface area contributed by atoms with Crippen LogP contribution in [0.1, 0.15) is 32.0 Å². The minimum Gasteiger partial charge on any atom is -0.253 e. The van der Waals surface area contributed by atoms with Gasteiger partial charge in [-0.15, -0.1) is 11.6 Å². The zero-order valence-electron chi connectivity index (χ0n) is 11.5. The molecular formula is C16H20ClN. The molecule has 1 aromatic carbocycles. The van der Waals surface area contributed by atoms with Crippen molar-refractivity contribution in [2.24, 2.45) is 5.41 Å². The molecule has 2 aromatic rings. The van der Waals surface area contributed by atoms with Gasteiger partial charge in [-0.1, -0.05) is 39.0 Å². The maximum absolute atomic E-state index is 6.47. The summed E-state index contributed by atoms with van der Waals surface area (Å²) in [4.78, 5) is 4.74. The number of aryl methyl sites for hydroxylation is 1. The van der Waals surface area contributed by atoms with Crippen LogP contribution in [0.2, 0.25) is 0 Å². The fourth-order valence-corrected chi connectivity index (χ4v) is 2.09. The van der Waals surface area contributed by atoms with Gasteiger partial charge < -0.3 is 0 Å². The molecule has 0 bridgehead atoms. The zero-order valence-corrected chi connectivity index (χ0v) is 12.3. The fraction of sp³-hybridized carbons (Fsp3) is 0.438. The van der Waals surface area contributed by atoms with Gasteiger partial charge in [-0.3, -0.25) is 4.98 Å². The Bertz CT molecular complexity index is 555. The van der Waals surface area contributed by atoms with E-state index in [9.17, 15) is 0 Å². The van der Waals surface area contributed by atoms with E-state index in [1.54, 1.807) is 0 Å².